The van der Waals surface area contributed by atoms with Gasteiger partial charge in [-0.15, -0.1) is 0 Å². The normalized spacial score (nSPS) is 14.6. The lowest BCUT2D eigenvalue weighted by molar-refractivity contribution is -0.111. The molecule has 0 bridgehead atoms. The quantitative estimate of drug-likeness (QED) is 0.560. The smallest absolute Gasteiger partial charge is 0.300 e. The van der Waals surface area contributed by atoms with Crippen LogP contribution in [-0.4, -0.2) is 65.4 Å². The minimum Gasteiger partial charge on any atom is -0.340 e. The third kappa shape index (κ3) is 5.79. The first-order chi connectivity index (χ1) is 15.1. The lowest BCUT2D eigenvalue weighted by atomic mass is 10.2. The van der Waals surface area contributed by atoms with Crippen LogP contribution in [0.1, 0.15) is 0 Å². The van der Waals surface area contributed by atoms with Gasteiger partial charge in [-0.2, -0.15) is 0 Å². The van der Waals surface area contributed by atoms with Crippen molar-refractivity contribution in [1.29, 1.82) is 0 Å². The third-order valence-corrected chi connectivity index (χ3v) is 5.57. The van der Waals surface area contributed by atoms with Gasteiger partial charge >= 0.3 is 0 Å². The van der Waals surface area contributed by atoms with Crippen LogP contribution >= 0.6 is 15.9 Å². The highest BCUT2D eigenvalue weighted by atomic mass is 79.9. The summed E-state index contributed by atoms with van der Waals surface area (Å²) in [6.07, 6.45) is 1.52. The number of carbonyl (C=O) groups is 1. The van der Waals surface area contributed by atoms with Crippen LogP contribution in [0, 0.1) is 11.8 Å². The molecule has 0 radical (unpaired) electrons. The van der Waals surface area contributed by atoms with Gasteiger partial charge in [0.2, 0.25) is 0 Å². The number of piperazine rings is 1. The van der Waals surface area contributed by atoms with Crippen LogP contribution in [-0.2, 0) is 4.79 Å². The molecule has 1 aromatic heterocycles. The van der Waals surface area contributed by atoms with Crippen molar-refractivity contribution in [1.82, 2.24) is 19.8 Å². The molecule has 0 unspecified atom stereocenters. The van der Waals surface area contributed by atoms with Crippen LogP contribution in [0.5, 0.6) is 0 Å². The summed E-state index contributed by atoms with van der Waals surface area (Å²) in [5.74, 6) is 6.01. The molecule has 1 amide bonds. The molecule has 3 aromatic rings. The number of hydrogen-bond donors (Lipinski definition) is 2. The predicted molar refractivity (Wildman–Crippen MR) is 127 cm³/mol. The number of benzene rings is 2. The van der Waals surface area contributed by atoms with E-state index in [0.717, 1.165) is 47.2 Å². The van der Waals surface area contributed by atoms with Gasteiger partial charge in [0, 0.05) is 47.4 Å². The molecule has 4 rings (SSSR count). The van der Waals surface area contributed by atoms with Gasteiger partial charge in [-0.25, -0.2) is 9.97 Å². The van der Waals surface area contributed by atoms with Crippen molar-refractivity contribution in [3.8, 4) is 11.8 Å². The summed E-state index contributed by atoms with van der Waals surface area (Å²) in [6, 6.07) is 13.4. The molecule has 2 heterocycles. The van der Waals surface area contributed by atoms with Crippen molar-refractivity contribution in [3.05, 3.63) is 53.3 Å². The zero-order chi connectivity index (χ0) is 21.6. The second-order valence-electron chi connectivity index (χ2n) is 7.42. The summed E-state index contributed by atoms with van der Waals surface area (Å²) < 4.78 is 0.971. The van der Waals surface area contributed by atoms with E-state index < -0.39 is 0 Å². The van der Waals surface area contributed by atoms with Gasteiger partial charge in [-0.05, 0) is 49.4 Å². The van der Waals surface area contributed by atoms with Crippen molar-refractivity contribution in [2.75, 3.05) is 50.4 Å². The number of hydrogen-bond acceptors (Lipinski definition) is 6. The van der Waals surface area contributed by atoms with E-state index in [4.69, 9.17) is 0 Å². The number of rotatable bonds is 4. The Morgan fingerprint density at radius 3 is 2.74 bits per heavy atom. The van der Waals surface area contributed by atoms with Crippen LogP contribution in [0.4, 0.5) is 17.2 Å². The first-order valence-corrected chi connectivity index (χ1v) is 10.8. The summed E-state index contributed by atoms with van der Waals surface area (Å²) in [7, 11) is 2.12. The summed E-state index contributed by atoms with van der Waals surface area (Å²) in [5, 5.41) is 6.97. The van der Waals surface area contributed by atoms with Crippen molar-refractivity contribution in [2.45, 2.75) is 0 Å². The van der Waals surface area contributed by atoms with E-state index in [1.807, 2.05) is 42.5 Å². The molecule has 31 heavy (non-hydrogen) atoms. The first kappa shape index (κ1) is 21.2. The van der Waals surface area contributed by atoms with Gasteiger partial charge in [0.05, 0.1) is 12.1 Å². The first-order valence-electron chi connectivity index (χ1n) is 10.0. The van der Waals surface area contributed by atoms with Crippen LogP contribution in [0.25, 0.3) is 10.9 Å². The fourth-order valence-corrected chi connectivity index (χ4v) is 3.74. The molecule has 0 atom stereocenters. The van der Waals surface area contributed by atoms with E-state index in [2.05, 4.69) is 65.2 Å². The van der Waals surface area contributed by atoms with Crippen LogP contribution in [0.3, 0.4) is 0 Å². The molecule has 0 spiro atoms. The number of fused-ring (bicyclic) bond motifs is 1. The highest BCUT2D eigenvalue weighted by Crippen LogP contribution is 2.26. The summed E-state index contributed by atoms with van der Waals surface area (Å²) >= 11 is 3.47. The average Bonchev–Trinajstić information content (AvgIpc) is 2.76. The molecule has 2 N–H and O–H groups in total. The molecule has 158 valence electrons. The van der Waals surface area contributed by atoms with Gasteiger partial charge in [-0.1, -0.05) is 27.9 Å². The number of halogens is 1. The SMILES string of the molecule is CN1CCN(CC#CC(=O)Nc2ccc3ncnc(Nc4cccc(Br)c4)c3c2)CC1. The summed E-state index contributed by atoms with van der Waals surface area (Å²) in [6.45, 7) is 4.62. The van der Waals surface area contributed by atoms with E-state index in [0.29, 0.717) is 18.1 Å². The molecule has 1 aliphatic rings. The maximum atomic E-state index is 12.3. The van der Waals surface area contributed by atoms with Gasteiger partial charge in [0.15, 0.2) is 0 Å². The highest BCUT2D eigenvalue weighted by Gasteiger charge is 2.12. The molecule has 1 aliphatic heterocycles. The van der Waals surface area contributed by atoms with Gasteiger partial charge in [-0.3, -0.25) is 9.69 Å². The fourth-order valence-electron chi connectivity index (χ4n) is 3.34. The Balaban J connectivity index is 1.45. The monoisotopic (exact) mass is 478 g/mol. The second kappa shape index (κ2) is 9.88. The van der Waals surface area contributed by atoms with Crippen LogP contribution in [0.2, 0.25) is 0 Å². The number of nitrogens with one attached hydrogen (secondary N) is 2. The molecular weight excluding hydrogens is 456 g/mol. The largest absolute Gasteiger partial charge is 0.340 e. The Kier molecular flexibility index (Phi) is 6.77. The Hall–Kier alpha value is -2.99. The standard InChI is InChI=1S/C23H23BrN6O/c1-29-10-12-30(13-11-29)9-3-6-22(31)27-19-7-8-21-20(15-19)23(26-16-25-21)28-18-5-2-4-17(24)14-18/h2,4-5,7-8,14-16H,9-13H2,1H3,(H,27,31)(H,25,26,28). The zero-order valence-electron chi connectivity index (χ0n) is 17.2. The molecule has 0 aliphatic carbocycles. The minimum atomic E-state index is -0.327. The second-order valence-corrected chi connectivity index (χ2v) is 8.34. The van der Waals surface area contributed by atoms with Crippen molar-refractivity contribution in [2.24, 2.45) is 0 Å². The van der Waals surface area contributed by atoms with Crippen molar-refractivity contribution < 1.29 is 4.79 Å². The lowest BCUT2D eigenvalue weighted by Gasteiger charge is -2.30. The van der Waals surface area contributed by atoms with Gasteiger partial charge < -0.3 is 15.5 Å². The van der Waals surface area contributed by atoms with E-state index >= 15 is 0 Å². The average molecular weight is 479 g/mol. The Bertz CT molecular complexity index is 1150. The topological polar surface area (TPSA) is 73.4 Å². The molecule has 7 nitrogen and oxygen atoms in total. The predicted octanol–water partition coefficient (Wildman–Crippen LogP) is 3.33. The Morgan fingerprint density at radius 1 is 1.10 bits per heavy atom. The van der Waals surface area contributed by atoms with Crippen LogP contribution in [0.15, 0.2) is 53.3 Å². The summed E-state index contributed by atoms with van der Waals surface area (Å²) in [4.78, 5) is 25.5. The molecular formula is C23H23BrN6O. The van der Waals surface area contributed by atoms with Crippen molar-refractivity contribution >= 4 is 49.9 Å². The molecule has 1 fully saturated rings. The maximum Gasteiger partial charge on any atom is 0.300 e. The van der Waals surface area contributed by atoms with E-state index in [1.54, 1.807) is 0 Å². The fraction of sp³-hybridized carbons (Fsp3) is 0.261. The van der Waals surface area contributed by atoms with E-state index in [9.17, 15) is 4.79 Å². The molecule has 8 heteroatoms. The minimum absolute atomic E-state index is 0.327. The van der Waals surface area contributed by atoms with Crippen LogP contribution < -0.4 is 10.6 Å². The molecule has 1 saturated heterocycles. The molecule has 2 aromatic carbocycles. The lowest BCUT2D eigenvalue weighted by Crippen LogP contribution is -2.44. The number of likely N-dealkylation sites (N-methyl/N-ethyl adjacent to an activating group) is 1. The van der Waals surface area contributed by atoms with Gasteiger partial charge in [0.25, 0.3) is 5.91 Å². The number of aromatic nitrogens is 2. The number of amides is 1. The van der Waals surface area contributed by atoms with Gasteiger partial charge in [0.1, 0.15) is 12.1 Å². The van der Waals surface area contributed by atoms with E-state index in [1.165, 1.54) is 6.33 Å². The van der Waals surface area contributed by atoms with E-state index in [-0.39, 0.29) is 5.91 Å². The number of carbonyl (C=O) groups excluding carboxylic acids is 1. The summed E-state index contributed by atoms with van der Waals surface area (Å²) in [5.41, 5.74) is 2.34. The Labute approximate surface area is 190 Å². The molecule has 0 saturated carbocycles. The third-order valence-electron chi connectivity index (χ3n) is 5.08. The highest BCUT2D eigenvalue weighted by molar-refractivity contribution is 9.10. The zero-order valence-corrected chi connectivity index (χ0v) is 18.8. The number of anilines is 3. The maximum absolute atomic E-state index is 12.3. The Morgan fingerprint density at radius 2 is 1.94 bits per heavy atom. The van der Waals surface area contributed by atoms with Crippen molar-refractivity contribution in [3.63, 3.8) is 0 Å². The number of nitrogens with zero attached hydrogens (tertiary/aromatic N) is 4.